The molecule has 21 heavy (non-hydrogen) atoms. The lowest BCUT2D eigenvalue weighted by atomic mass is 9.90. The zero-order valence-corrected chi connectivity index (χ0v) is 14.1. The molecule has 2 saturated carbocycles. The lowest BCUT2D eigenvalue weighted by Crippen LogP contribution is -2.23. The molecule has 0 radical (unpaired) electrons. The zero-order valence-electron chi connectivity index (χ0n) is 12.5. The highest BCUT2D eigenvalue weighted by Crippen LogP contribution is 2.66. The van der Waals surface area contributed by atoms with E-state index in [-0.39, 0.29) is 17.2 Å². The summed E-state index contributed by atoms with van der Waals surface area (Å²) in [6.07, 6.45) is 4.92. The molecule has 3 nitrogen and oxygen atoms in total. The number of benzene rings is 1. The maximum atomic E-state index is 12.3. The van der Waals surface area contributed by atoms with Crippen LogP contribution in [0.15, 0.2) is 33.8 Å². The number of hydrogen-bond acceptors (Lipinski definition) is 2. The van der Waals surface area contributed by atoms with Gasteiger partial charge in [-0.25, -0.2) is 5.43 Å². The molecule has 2 aliphatic rings. The van der Waals surface area contributed by atoms with Crippen molar-refractivity contribution >= 4 is 27.5 Å². The monoisotopic (exact) mass is 348 g/mol. The van der Waals surface area contributed by atoms with Crippen LogP contribution < -0.4 is 5.43 Å². The molecule has 0 aromatic heterocycles. The van der Waals surface area contributed by atoms with E-state index < -0.39 is 0 Å². The molecule has 0 heterocycles. The smallest absolute Gasteiger partial charge is 0.244 e. The summed E-state index contributed by atoms with van der Waals surface area (Å²) in [6, 6.07) is 7.94. The molecule has 2 aliphatic carbocycles. The van der Waals surface area contributed by atoms with Crippen LogP contribution in [-0.2, 0) is 4.79 Å². The van der Waals surface area contributed by atoms with E-state index in [1.807, 2.05) is 31.2 Å². The Bertz CT molecular complexity index is 581. The van der Waals surface area contributed by atoms with Crippen LogP contribution >= 0.6 is 15.9 Å². The van der Waals surface area contributed by atoms with Gasteiger partial charge in [0, 0.05) is 10.4 Å². The summed E-state index contributed by atoms with van der Waals surface area (Å²) >= 11 is 3.42. The summed E-state index contributed by atoms with van der Waals surface area (Å²) in [5, 5.41) is 4.28. The number of carbonyl (C=O) groups excluding carboxylic acids is 1. The molecule has 0 spiro atoms. The highest BCUT2D eigenvalue weighted by atomic mass is 79.9. The molecule has 112 valence electrons. The Morgan fingerprint density at radius 1 is 1.33 bits per heavy atom. The van der Waals surface area contributed by atoms with E-state index in [9.17, 15) is 4.79 Å². The molecule has 3 atom stereocenters. The first-order valence-electron chi connectivity index (χ1n) is 7.62. The standard InChI is InChI=1S/C17H21BrN2O/c1-11(12-6-8-13(18)9-7-12)19-20-16(21)15-14-5-3-4-10-17(14,15)2/h6-9,14-15H,3-5,10H2,1-2H3,(H,20,21)/b19-11-/t14-,15+,17-/m0/s1. The first-order chi connectivity index (χ1) is 10.0. The van der Waals surface area contributed by atoms with E-state index in [0.717, 1.165) is 15.7 Å². The molecule has 3 rings (SSSR count). The summed E-state index contributed by atoms with van der Waals surface area (Å²) in [4.78, 5) is 12.3. The number of halogens is 1. The van der Waals surface area contributed by atoms with Crippen LogP contribution in [0.25, 0.3) is 0 Å². The second kappa shape index (κ2) is 5.56. The number of carbonyl (C=O) groups is 1. The minimum absolute atomic E-state index is 0.0980. The van der Waals surface area contributed by atoms with E-state index in [2.05, 4.69) is 33.4 Å². The van der Waals surface area contributed by atoms with Crippen LogP contribution in [0, 0.1) is 17.3 Å². The summed E-state index contributed by atoms with van der Waals surface area (Å²) in [6.45, 7) is 4.18. The summed E-state index contributed by atoms with van der Waals surface area (Å²) in [7, 11) is 0. The average Bonchev–Trinajstić information content (AvgIpc) is 3.11. The molecular formula is C17H21BrN2O. The summed E-state index contributed by atoms with van der Waals surface area (Å²) in [5.41, 5.74) is 4.88. The van der Waals surface area contributed by atoms with Gasteiger partial charge in [-0.3, -0.25) is 4.79 Å². The van der Waals surface area contributed by atoms with Crippen molar-refractivity contribution in [3.05, 3.63) is 34.3 Å². The third-order valence-corrected chi connectivity index (χ3v) is 5.74. The predicted octanol–water partition coefficient (Wildman–Crippen LogP) is 4.12. The van der Waals surface area contributed by atoms with Crippen molar-refractivity contribution in [1.82, 2.24) is 5.43 Å². The number of amides is 1. The molecule has 1 aromatic carbocycles. The van der Waals surface area contributed by atoms with Crippen LogP contribution in [0.4, 0.5) is 0 Å². The van der Waals surface area contributed by atoms with Crippen LogP contribution in [0.2, 0.25) is 0 Å². The minimum Gasteiger partial charge on any atom is -0.273 e. The molecular weight excluding hydrogens is 328 g/mol. The Balaban J connectivity index is 1.63. The van der Waals surface area contributed by atoms with Crippen molar-refractivity contribution in [3.63, 3.8) is 0 Å². The number of nitrogens with one attached hydrogen (secondary N) is 1. The SMILES string of the molecule is C/C(=N/NC(=O)[C@H]1[C@@H]2CCCC[C@@]21C)c1ccc(Br)cc1. The van der Waals surface area contributed by atoms with Crippen molar-refractivity contribution in [2.45, 2.75) is 39.5 Å². The molecule has 0 bridgehead atoms. The fraction of sp³-hybridized carbons (Fsp3) is 0.529. The van der Waals surface area contributed by atoms with Crippen LogP contribution in [0.3, 0.4) is 0 Å². The lowest BCUT2D eigenvalue weighted by molar-refractivity contribution is -0.123. The summed E-state index contributed by atoms with van der Waals surface area (Å²) in [5.74, 6) is 0.844. The number of hydrazone groups is 1. The van der Waals surface area contributed by atoms with Gasteiger partial charge < -0.3 is 0 Å². The van der Waals surface area contributed by atoms with E-state index >= 15 is 0 Å². The van der Waals surface area contributed by atoms with E-state index in [4.69, 9.17) is 0 Å². The Morgan fingerprint density at radius 3 is 2.67 bits per heavy atom. The fourth-order valence-electron chi connectivity index (χ4n) is 3.81. The molecule has 0 aliphatic heterocycles. The number of nitrogens with zero attached hydrogens (tertiary/aromatic N) is 1. The third kappa shape index (κ3) is 2.78. The Morgan fingerprint density at radius 2 is 2.05 bits per heavy atom. The Hall–Kier alpha value is -1.16. The van der Waals surface area contributed by atoms with Crippen molar-refractivity contribution < 1.29 is 4.79 Å². The number of fused-ring (bicyclic) bond motifs is 1. The Kier molecular flexibility index (Phi) is 3.91. The van der Waals surface area contributed by atoms with Crippen LogP contribution in [0.5, 0.6) is 0 Å². The van der Waals surface area contributed by atoms with Crippen molar-refractivity contribution in [3.8, 4) is 0 Å². The molecule has 4 heteroatoms. The molecule has 0 unspecified atom stereocenters. The first-order valence-corrected chi connectivity index (χ1v) is 8.42. The normalized spacial score (nSPS) is 31.5. The van der Waals surface area contributed by atoms with Gasteiger partial charge in [-0.1, -0.05) is 47.8 Å². The summed E-state index contributed by atoms with van der Waals surface area (Å²) < 4.78 is 1.04. The van der Waals surface area contributed by atoms with Crippen molar-refractivity contribution in [1.29, 1.82) is 0 Å². The largest absolute Gasteiger partial charge is 0.273 e. The molecule has 1 aromatic rings. The fourth-order valence-corrected chi connectivity index (χ4v) is 4.08. The zero-order chi connectivity index (χ0) is 15.0. The highest BCUT2D eigenvalue weighted by molar-refractivity contribution is 9.10. The third-order valence-electron chi connectivity index (χ3n) is 5.21. The van der Waals surface area contributed by atoms with E-state index in [1.165, 1.54) is 25.7 Å². The molecule has 1 amide bonds. The van der Waals surface area contributed by atoms with Crippen LogP contribution in [-0.4, -0.2) is 11.6 Å². The average molecular weight is 349 g/mol. The maximum absolute atomic E-state index is 12.3. The lowest BCUT2D eigenvalue weighted by Gasteiger charge is -2.15. The van der Waals surface area contributed by atoms with Gasteiger partial charge in [0.25, 0.3) is 0 Å². The molecule has 2 fully saturated rings. The second-order valence-corrected chi connectivity index (χ2v) is 7.43. The van der Waals surface area contributed by atoms with Gasteiger partial charge in [-0.05, 0) is 48.8 Å². The van der Waals surface area contributed by atoms with Gasteiger partial charge >= 0.3 is 0 Å². The number of rotatable bonds is 3. The van der Waals surface area contributed by atoms with E-state index in [0.29, 0.717) is 5.92 Å². The molecule has 1 N–H and O–H groups in total. The van der Waals surface area contributed by atoms with Crippen molar-refractivity contribution in [2.24, 2.45) is 22.4 Å². The predicted molar refractivity (Wildman–Crippen MR) is 88.1 cm³/mol. The first kappa shape index (κ1) is 14.8. The number of hydrogen-bond donors (Lipinski definition) is 1. The molecule has 0 saturated heterocycles. The van der Waals surface area contributed by atoms with Gasteiger partial charge in [-0.2, -0.15) is 5.10 Å². The minimum atomic E-state index is 0.0980. The quantitative estimate of drug-likeness (QED) is 0.647. The maximum Gasteiger partial charge on any atom is 0.244 e. The van der Waals surface area contributed by atoms with Crippen molar-refractivity contribution in [2.75, 3.05) is 0 Å². The van der Waals surface area contributed by atoms with Gasteiger partial charge in [0.15, 0.2) is 0 Å². The topological polar surface area (TPSA) is 41.5 Å². The van der Waals surface area contributed by atoms with E-state index in [1.54, 1.807) is 0 Å². The van der Waals surface area contributed by atoms with Gasteiger partial charge in [0.1, 0.15) is 0 Å². The van der Waals surface area contributed by atoms with Crippen LogP contribution in [0.1, 0.15) is 45.1 Å². The van der Waals surface area contributed by atoms with Gasteiger partial charge in [0.2, 0.25) is 5.91 Å². The van der Waals surface area contributed by atoms with Gasteiger partial charge in [-0.15, -0.1) is 0 Å². The second-order valence-electron chi connectivity index (χ2n) is 6.52. The highest BCUT2D eigenvalue weighted by Gasteiger charge is 2.64. The Labute approximate surface area is 134 Å². The van der Waals surface area contributed by atoms with Gasteiger partial charge in [0.05, 0.1) is 5.71 Å².